The number of halogens is 2. The highest BCUT2D eigenvalue weighted by atomic mass is 19.1. The third-order valence-electron chi connectivity index (χ3n) is 9.17. The van der Waals surface area contributed by atoms with Crippen molar-refractivity contribution in [2.24, 2.45) is 5.73 Å². The Morgan fingerprint density at radius 1 is 1.05 bits per heavy atom. The summed E-state index contributed by atoms with van der Waals surface area (Å²) in [5.74, 6) is -0.563. The average molecular weight is 574 g/mol. The molecule has 0 radical (unpaired) electrons. The van der Waals surface area contributed by atoms with Crippen LogP contribution in [0.3, 0.4) is 0 Å². The Kier molecular flexibility index (Phi) is 6.76. The van der Waals surface area contributed by atoms with Crippen molar-refractivity contribution in [2.45, 2.75) is 50.1 Å². The van der Waals surface area contributed by atoms with Crippen LogP contribution < -0.4 is 20.7 Å². The van der Waals surface area contributed by atoms with E-state index >= 15 is 4.39 Å². The first-order chi connectivity index (χ1) is 20.4. The summed E-state index contributed by atoms with van der Waals surface area (Å²) in [5.41, 5.74) is 5.76. The Morgan fingerprint density at radius 3 is 2.52 bits per heavy atom. The van der Waals surface area contributed by atoms with Crippen LogP contribution in [0, 0.1) is 11.6 Å². The summed E-state index contributed by atoms with van der Waals surface area (Å²) in [6.07, 6.45) is 7.26. The van der Waals surface area contributed by atoms with Crippen LogP contribution in [-0.4, -0.2) is 70.2 Å². The Hall–Kier alpha value is -4.12. The van der Waals surface area contributed by atoms with E-state index < -0.39 is 17.7 Å². The lowest BCUT2D eigenvalue weighted by Crippen LogP contribution is -2.46. The second-order valence-electron chi connectivity index (χ2n) is 11.6. The van der Waals surface area contributed by atoms with E-state index in [-0.39, 0.29) is 28.8 Å². The number of benzene rings is 2. The molecule has 3 saturated heterocycles. The highest BCUT2D eigenvalue weighted by Gasteiger charge is 2.45. The Balaban J connectivity index is 1.30. The van der Waals surface area contributed by atoms with Gasteiger partial charge in [-0.25, -0.2) is 13.6 Å². The molecule has 0 saturated carbocycles. The molecule has 2 aromatic heterocycles. The van der Waals surface area contributed by atoms with Gasteiger partial charge in [-0.05, 0) is 63.1 Å². The summed E-state index contributed by atoms with van der Waals surface area (Å²) < 4.78 is 37.7. The second-order valence-corrected chi connectivity index (χ2v) is 11.6. The maximum atomic E-state index is 16.5. The number of urea groups is 1. The number of primary amides is 1. The number of fused-ring (bicyclic) bond motifs is 3. The zero-order valence-electron chi connectivity index (χ0n) is 23.3. The lowest BCUT2D eigenvalue weighted by Gasteiger charge is -2.34. The fraction of sp³-hybridized carbons (Fsp3) is 0.419. The maximum Gasteiger partial charge on any atom is 0.319 e. The van der Waals surface area contributed by atoms with Gasteiger partial charge in [-0.2, -0.15) is 9.97 Å². The number of nitrogens with two attached hydrogens (primary N) is 1. The predicted octanol–water partition coefficient (Wildman–Crippen LogP) is 4.77. The molecule has 5 heterocycles. The number of anilines is 1. The van der Waals surface area contributed by atoms with Gasteiger partial charge in [0, 0.05) is 36.3 Å². The van der Waals surface area contributed by atoms with E-state index in [4.69, 9.17) is 15.5 Å². The minimum Gasteiger partial charge on any atom is -0.461 e. The number of nitrogens with one attached hydrogen (secondary N) is 1. The first-order valence-corrected chi connectivity index (χ1v) is 14.6. The van der Waals surface area contributed by atoms with E-state index in [2.05, 4.69) is 20.2 Å². The van der Waals surface area contributed by atoms with E-state index in [0.29, 0.717) is 60.1 Å². The Morgan fingerprint density at radius 2 is 1.79 bits per heavy atom. The summed E-state index contributed by atoms with van der Waals surface area (Å²) in [4.78, 5) is 29.8. The average Bonchev–Trinajstić information content (AvgIpc) is 3.57. The van der Waals surface area contributed by atoms with E-state index in [1.807, 2.05) is 4.90 Å². The third kappa shape index (κ3) is 4.65. The minimum atomic E-state index is -0.649. The molecule has 3 aliphatic rings. The van der Waals surface area contributed by atoms with Gasteiger partial charge in [-0.3, -0.25) is 9.88 Å². The van der Waals surface area contributed by atoms with Crippen LogP contribution in [-0.2, 0) is 0 Å². The van der Waals surface area contributed by atoms with Gasteiger partial charge < -0.3 is 20.7 Å². The SMILES string of the molecule is NC(=O)NC1CCN(c2nc(OCC34CCCN3CCC4)nc3c(F)c(-c4cccc5cccc(F)c45)ncc23)CC1. The number of piperidine rings is 1. The summed E-state index contributed by atoms with van der Waals surface area (Å²) in [6, 6.07) is 9.54. The molecule has 9 nitrogen and oxygen atoms in total. The summed E-state index contributed by atoms with van der Waals surface area (Å²) >= 11 is 0. The van der Waals surface area contributed by atoms with Gasteiger partial charge in [-0.15, -0.1) is 0 Å². The number of rotatable bonds is 6. The van der Waals surface area contributed by atoms with Crippen LogP contribution in [0.2, 0.25) is 0 Å². The van der Waals surface area contributed by atoms with Crippen molar-refractivity contribution < 1.29 is 18.3 Å². The standard InChI is InChI=1S/C31H33F2N7O2/c32-23-8-2-6-19-5-1-7-21(24(19)23)26-25(33)27-22(17-35-26)28(39-15-9-20(10-16-39)36-29(34)41)38-30(37-27)42-18-31-11-3-13-40(31)14-4-12-31/h1-2,5-8,17,20H,3-4,9-16,18H2,(H3,34,36,41). The van der Waals surface area contributed by atoms with Crippen LogP contribution in [0.5, 0.6) is 6.01 Å². The van der Waals surface area contributed by atoms with Crippen molar-refractivity contribution in [3.8, 4) is 17.3 Å². The maximum absolute atomic E-state index is 16.5. The molecule has 0 aliphatic carbocycles. The number of ether oxygens (including phenoxy) is 1. The molecule has 3 fully saturated rings. The molecular weight excluding hydrogens is 540 g/mol. The van der Waals surface area contributed by atoms with Crippen molar-refractivity contribution in [1.82, 2.24) is 25.2 Å². The Labute approximate surface area is 242 Å². The zero-order chi connectivity index (χ0) is 28.8. The molecule has 42 heavy (non-hydrogen) atoms. The largest absolute Gasteiger partial charge is 0.461 e. The lowest BCUT2D eigenvalue weighted by atomic mass is 9.95. The van der Waals surface area contributed by atoms with Gasteiger partial charge in [-0.1, -0.05) is 30.3 Å². The number of amides is 2. The van der Waals surface area contributed by atoms with E-state index in [0.717, 1.165) is 38.8 Å². The van der Waals surface area contributed by atoms with Crippen LogP contribution in [0.25, 0.3) is 32.9 Å². The second kappa shape index (κ2) is 10.6. The van der Waals surface area contributed by atoms with Crippen molar-refractivity contribution >= 4 is 33.5 Å². The summed E-state index contributed by atoms with van der Waals surface area (Å²) in [5, 5.41) is 4.19. The fourth-order valence-corrected chi connectivity index (χ4v) is 7.10. The van der Waals surface area contributed by atoms with Gasteiger partial charge in [0.05, 0.1) is 10.9 Å². The lowest BCUT2D eigenvalue weighted by molar-refractivity contribution is 0.108. The number of carbonyl (C=O) groups excluding carboxylic acids is 1. The predicted molar refractivity (Wildman–Crippen MR) is 156 cm³/mol. The smallest absolute Gasteiger partial charge is 0.319 e. The van der Waals surface area contributed by atoms with Gasteiger partial charge in [0.15, 0.2) is 5.82 Å². The third-order valence-corrected chi connectivity index (χ3v) is 9.17. The molecule has 3 aliphatic heterocycles. The number of aromatic nitrogens is 3. The van der Waals surface area contributed by atoms with Gasteiger partial charge in [0.25, 0.3) is 0 Å². The van der Waals surface area contributed by atoms with Crippen molar-refractivity contribution in [3.05, 3.63) is 54.2 Å². The van der Waals surface area contributed by atoms with Crippen molar-refractivity contribution in [1.29, 1.82) is 0 Å². The van der Waals surface area contributed by atoms with Crippen molar-refractivity contribution in [3.63, 3.8) is 0 Å². The molecule has 2 aromatic carbocycles. The van der Waals surface area contributed by atoms with Gasteiger partial charge >= 0.3 is 12.0 Å². The van der Waals surface area contributed by atoms with E-state index in [1.165, 1.54) is 6.07 Å². The Bertz CT molecular complexity index is 1660. The number of nitrogens with zero attached hydrogens (tertiary/aromatic N) is 5. The highest BCUT2D eigenvalue weighted by Crippen LogP contribution is 2.40. The molecule has 7 rings (SSSR count). The van der Waals surface area contributed by atoms with E-state index in [1.54, 1.807) is 36.5 Å². The molecule has 218 valence electrons. The summed E-state index contributed by atoms with van der Waals surface area (Å²) in [6.45, 7) is 3.72. The van der Waals surface area contributed by atoms with Crippen LogP contribution in [0.15, 0.2) is 42.6 Å². The molecule has 0 bridgehead atoms. The molecule has 4 aromatic rings. The fourth-order valence-electron chi connectivity index (χ4n) is 7.10. The quantitative estimate of drug-likeness (QED) is 0.342. The first kappa shape index (κ1) is 26.8. The first-order valence-electron chi connectivity index (χ1n) is 14.6. The molecular formula is C31H33F2N7O2. The number of hydrogen-bond acceptors (Lipinski definition) is 7. The molecule has 0 spiro atoms. The normalized spacial score (nSPS) is 19.0. The summed E-state index contributed by atoms with van der Waals surface area (Å²) in [7, 11) is 0. The monoisotopic (exact) mass is 573 g/mol. The molecule has 2 amide bonds. The number of hydrogen-bond donors (Lipinski definition) is 2. The van der Waals surface area contributed by atoms with E-state index in [9.17, 15) is 9.18 Å². The van der Waals surface area contributed by atoms with Crippen LogP contribution >= 0.6 is 0 Å². The van der Waals surface area contributed by atoms with Crippen LogP contribution in [0.1, 0.15) is 38.5 Å². The molecule has 11 heteroatoms. The minimum absolute atomic E-state index is 0.0227. The topological polar surface area (TPSA) is 110 Å². The van der Waals surface area contributed by atoms with Crippen LogP contribution in [0.4, 0.5) is 19.4 Å². The van der Waals surface area contributed by atoms with Gasteiger partial charge in [0.1, 0.15) is 29.5 Å². The molecule has 3 N–H and O–H groups in total. The highest BCUT2D eigenvalue weighted by molar-refractivity contribution is 5.99. The van der Waals surface area contributed by atoms with Gasteiger partial charge in [0.2, 0.25) is 0 Å². The van der Waals surface area contributed by atoms with Crippen molar-refractivity contribution in [2.75, 3.05) is 37.7 Å². The zero-order valence-corrected chi connectivity index (χ0v) is 23.3. The number of pyridine rings is 1. The number of carbonyl (C=O) groups is 1. The molecule has 0 unspecified atom stereocenters. The molecule has 0 atom stereocenters.